The molecule has 3 aromatic carbocycles. The molecule has 2 aromatic heterocycles. The van der Waals surface area contributed by atoms with E-state index in [4.69, 9.17) is 9.47 Å². The Morgan fingerprint density at radius 3 is 2.57 bits per heavy atom. The quantitative estimate of drug-likeness (QED) is 0.137. The van der Waals surface area contributed by atoms with E-state index in [2.05, 4.69) is 63.4 Å². The Hall–Kier alpha value is -4.83. The van der Waals surface area contributed by atoms with Gasteiger partial charge in [-0.2, -0.15) is 5.21 Å². The highest BCUT2D eigenvalue weighted by atomic mass is 16.5. The summed E-state index contributed by atoms with van der Waals surface area (Å²) in [4.78, 5) is 26.3. The summed E-state index contributed by atoms with van der Waals surface area (Å²) in [6, 6.07) is 24.0. The van der Waals surface area contributed by atoms with Crippen LogP contribution in [0.4, 0.5) is 0 Å². The van der Waals surface area contributed by atoms with Crippen molar-refractivity contribution in [3.63, 3.8) is 0 Å². The van der Waals surface area contributed by atoms with Gasteiger partial charge in [-0.3, -0.25) is 9.48 Å². The van der Waals surface area contributed by atoms with Gasteiger partial charge in [-0.1, -0.05) is 80.4 Å². The highest BCUT2D eigenvalue weighted by Crippen LogP contribution is 2.32. The fourth-order valence-corrected chi connectivity index (χ4v) is 6.46. The number of H-pyrrole nitrogens is 1. The molecule has 3 atom stereocenters. The predicted molar refractivity (Wildman–Crippen MR) is 180 cm³/mol. The van der Waals surface area contributed by atoms with Crippen LogP contribution in [0, 0.1) is 0 Å². The second kappa shape index (κ2) is 14.7. The molecule has 0 bridgehead atoms. The zero-order chi connectivity index (χ0) is 32.8. The van der Waals surface area contributed by atoms with E-state index >= 15 is 0 Å². The highest BCUT2D eigenvalue weighted by Gasteiger charge is 2.28. The molecule has 1 aliphatic heterocycles. The minimum atomic E-state index is -0.329. The third-order valence-corrected chi connectivity index (χ3v) is 8.99. The normalized spacial score (nSPS) is 16.5. The van der Waals surface area contributed by atoms with E-state index in [1.165, 1.54) is 0 Å². The molecule has 6 rings (SSSR count). The summed E-state index contributed by atoms with van der Waals surface area (Å²) in [5.74, 6) is 0.219. The van der Waals surface area contributed by atoms with E-state index in [1.54, 1.807) is 13.0 Å². The van der Waals surface area contributed by atoms with Crippen LogP contribution >= 0.6 is 0 Å². The number of esters is 1. The molecule has 0 saturated carbocycles. The molecular weight excluding hydrogens is 592 g/mol. The summed E-state index contributed by atoms with van der Waals surface area (Å²) >= 11 is 0. The smallest absolute Gasteiger partial charge is 0.338 e. The number of nitrogens with zero attached hydrogens (tertiary/aromatic N) is 5. The number of benzene rings is 3. The molecule has 10 heteroatoms. The number of aromatic nitrogens is 6. The molecular formula is C37H42N6O4. The Bertz CT molecular complexity index is 1840. The topological polar surface area (TPSA) is 117 Å². The fourth-order valence-electron chi connectivity index (χ4n) is 6.46. The van der Waals surface area contributed by atoms with Gasteiger partial charge in [0.05, 0.1) is 30.9 Å². The minimum Gasteiger partial charge on any atom is -0.462 e. The average molecular weight is 635 g/mol. The Kier molecular flexibility index (Phi) is 10.1. The van der Waals surface area contributed by atoms with E-state index in [0.717, 1.165) is 65.5 Å². The molecule has 244 valence electrons. The SMILES string of the molecule is CCCCC(OCC1CCC(C)n2cc(Cc3ccc(-c4ccccc4-c4nn[nH]n4)cc3)c(=O)n21)c1cccc(C(=O)OCC)c1. The average Bonchev–Trinajstić information content (AvgIpc) is 3.75. The first-order valence-corrected chi connectivity index (χ1v) is 16.6. The summed E-state index contributed by atoms with van der Waals surface area (Å²) in [5.41, 5.74) is 6.31. The number of tetrazole rings is 1. The molecule has 1 aliphatic rings. The van der Waals surface area contributed by atoms with Gasteiger partial charge in [-0.05, 0) is 72.7 Å². The second-order valence-electron chi connectivity index (χ2n) is 12.2. The Balaban J connectivity index is 1.19. The number of aromatic amines is 1. The van der Waals surface area contributed by atoms with Crippen LogP contribution in [-0.2, 0) is 15.9 Å². The van der Waals surface area contributed by atoms with Gasteiger partial charge < -0.3 is 9.47 Å². The van der Waals surface area contributed by atoms with E-state index in [0.29, 0.717) is 31.0 Å². The molecule has 0 radical (unpaired) electrons. The van der Waals surface area contributed by atoms with Crippen molar-refractivity contribution in [3.05, 3.63) is 112 Å². The highest BCUT2D eigenvalue weighted by molar-refractivity contribution is 5.89. The van der Waals surface area contributed by atoms with Gasteiger partial charge in [0.15, 0.2) is 0 Å². The van der Waals surface area contributed by atoms with Crippen molar-refractivity contribution in [1.82, 2.24) is 30.0 Å². The summed E-state index contributed by atoms with van der Waals surface area (Å²) in [5, 5.41) is 14.5. The molecule has 0 fully saturated rings. The maximum Gasteiger partial charge on any atom is 0.338 e. The van der Waals surface area contributed by atoms with E-state index in [1.807, 2.05) is 53.3 Å². The standard InChI is InChI=1S/C37H42N6O4/c1-4-6-14-34(28-10-9-11-29(22-28)37(45)46-5-2)47-24-31-20-15-25(3)42-23-30(36(44)43(31)42)21-26-16-18-27(19-17-26)32-12-7-8-13-33(32)35-38-40-41-39-35/h7-13,16-19,22-23,25,31,34H,4-6,14-15,20-21,24H2,1-3H3,(H,38,39,40,41). The van der Waals surface area contributed by atoms with Gasteiger partial charge in [0.25, 0.3) is 5.56 Å². The van der Waals surface area contributed by atoms with E-state index < -0.39 is 0 Å². The second-order valence-corrected chi connectivity index (χ2v) is 12.2. The van der Waals surface area contributed by atoms with Gasteiger partial charge in [0.1, 0.15) is 0 Å². The van der Waals surface area contributed by atoms with Crippen molar-refractivity contribution in [3.8, 4) is 22.5 Å². The lowest BCUT2D eigenvalue weighted by atomic mass is 9.97. The molecule has 0 amide bonds. The van der Waals surface area contributed by atoms with Crippen molar-refractivity contribution in [1.29, 1.82) is 0 Å². The number of hydrogen-bond donors (Lipinski definition) is 1. The van der Waals surface area contributed by atoms with Gasteiger partial charge in [-0.25, -0.2) is 9.48 Å². The molecule has 10 nitrogen and oxygen atoms in total. The Labute approximate surface area is 274 Å². The fraction of sp³-hybridized carbons (Fsp3) is 0.378. The van der Waals surface area contributed by atoms with Crippen LogP contribution < -0.4 is 5.56 Å². The Morgan fingerprint density at radius 2 is 1.83 bits per heavy atom. The molecule has 0 spiro atoms. The molecule has 0 aliphatic carbocycles. The van der Waals surface area contributed by atoms with Crippen LogP contribution in [-0.4, -0.2) is 49.2 Å². The summed E-state index contributed by atoms with van der Waals surface area (Å²) < 4.78 is 15.8. The summed E-state index contributed by atoms with van der Waals surface area (Å²) in [6.45, 7) is 6.88. The van der Waals surface area contributed by atoms with Crippen LogP contribution in [0.15, 0.2) is 83.8 Å². The maximum atomic E-state index is 13.9. The lowest BCUT2D eigenvalue weighted by molar-refractivity contribution is 0.00871. The van der Waals surface area contributed by atoms with Crippen molar-refractivity contribution >= 4 is 5.97 Å². The molecule has 1 N–H and O–H groups in total. The predicted octanol–water partition coefficient (Wildman–Crippen LogP) is 7.11. The number of ether oxygens (including phenoxy) is 2. The number of carbonyl (C=O) groups excluding carboxylic acids is 1. The zero-order valence-electron chi connectivity index (χ0n) is 27.3. The van der Waals surface area contributed by atoms with Crippen LogP contribution in [0.3, 0.4) is 0 Å². The molecule has 5 aromatic rings. The zero-order valence-corrected chi connectivity index (χ0v) is 27.3. The maximum absolute atomic E-state index is 13.9. The first kappa shape index (κ1) is 32.1. The third kappa shape index (κ3) is 7.12. The van der Waals surface area contributed by atoms with Gasteiger partial charge >= 0.3 is 5.97 Å². The largest absolute Gasteiger partial charge is 0.462 e. The summed E-state index contributed by atoms with van der Waals surface area (Å²) in [6.07, 6.45) is 7.09. The number of hydrogen-bond acceptors (Lipinski definition) is 7. The van der Waals surface area contributed by atoms with E-state index in [-0.39, 0.29) is 29.7 Å². The summed E-state index contributed by atoms with van der Waals surface area (Å²) in [7, 11) is 0. The number of unbranched alkanes of at least 4 members (excludes halogenated alkanes) is 1. The van der Waals surface area contributed by atoms with Gasteiger partial charge in [0, 0.05) is 29.8 Å². The number of rotatable bonds is 13. The van der Waals surface area contributed by atoms with Gasteiger partial charge in [-0.15, -0.1) is 10.2 Å². The van der Waals surface area contributed by atoms with Crippen LogP contribution in [0.5, 0.6) is 0 Å². The van der Waals surface area contributed by atoms with Gasteiger partial charge in [0.2, 0.25) is 5.82 Å². The third-order valence-electron chi connectivity index (χ3n) is 8.99. The molecule has 3 heterocycles. The van der Waals surface area contributed by atoms with Crippen LogP contribution in [0.1, 0.15) is 98.1 Å². The number of nitrogens with one attached hydrogen (secondary N) is 1. The molecule has 3 unspecified atom stereocenters. The minimum absolute atomic E-state index is 0.0334. The first-order valence-electron chi connectivity index (χ1n) is 16.6. The molecule has 0 saturated heterocycles. The van der Waals surface area contributed by atoms with E-state index in [9.17, 15) is 9.59 Å². The lowest BCUT2D eigenvalue weighted by Gasteiger charge is -2.32. The molecule has 47 heavy (non-hydrogen) atoms. The lowest BCUT2D eigenvalue weighted by Crippen LogP contribution is -2.36. The van der Waals surface area contributed by atoms with Crippen LogP contribution in [0.2, 0.25) is 0 Å². The van der Waals surface area contributed by atoms with Crippen molar-refractivity contribution in [2.75, 3.05) is 13.2 Å². The van der Waals surface area contributed by atoms with Crippen LogP contribution in [0.25, 0.3) is 22.5 Å². The number of carbonyl (C=O) groups is 1. The number of fused-ring (bicyclic) bond motifs is 1. The monoisotopic (exact) mass is 634 g/mol. The van der Waals surface area contributed by atoms with Crippen molar-refractivity contribution < 1.29 is 14.3 Å². The van der Waals surface area contributed by atoms with Crippen molar-refractivity contribution in [2.45, 2.75) is 77.5 Å². The van der Waals surface area contributed by atoms with Crippen molar-refractivity contribution in [2.24, 2.45) is 0 Å². The first-order chi connectivity index (χ1) is 23.0. The Morgan fingerprint density at radius 1 is 1.02 bits per heavy atom.